The van der Waals surface area contributed by atoms with Crippen LogP contribution in [0.15, 0.2) is 91.0 Å². The van der Waals surface area contributed by atoms with Gasteiger partial charge in [0.15, 0.2) is 0 Å². The van der Waals surface area contributed by atoms with Crippen molar-refractivity contribution in [1.29, 1.82) is 0 Å². The van der Waals surface area contributed by atoms with Crippen LogP contribution in [-0.2, 0) is 14.3 Å². The lowest BCUT2D eigenvalue weighted by Gasteiger charge is -2.49. The van der Waals surface area contributed by atoms with Gasteiger partial charge >= 0.3 is 11.9 Å². The van der Waals surface area contributed by atoms with Crippen LogP contribution in [0.2, 0.25) is 0 Å². The lowest BCUT2D eigenvalue weighted by atomic mass is 9.52. The Labute approximate surface area is 200 Å². The van der Waals surface area contributed by atoms with Crippen molar-refractivity contribution in [3.8, 4) is 0 Å². The van der Waals surface area contributed by atoms with Crippen LogP contribution in [0.25, 0.3) is 0 Å². The van der Waals surface area contributed by atoms with Gasteiger partial charge in [0.25, 0.3) is 0 Å². The number of carboxylic acids is 1. The first-order valence-corrected chi connectivity index (χ1v) is 12.2. The Morgan fingerprint density at radius 2 is 1.12 bits per heavy atom. The number of aliphatic carboxylic acids is 1. The average Bonchev–Trinajstić information content (AvgIpc) is 2.85. The molecule has 5 rings (SSSR count). The van der Waals surface area contributed by atoms with Crippen LogP contribution in [0.1, 0.15) is 60.1 Å². The van der Waals surface area contributed by atoms with E-state index in [-0.39, 0.29) is 18.0 Å². The Morgan fingerprint density at radius 1 is 0.647 bits per heavy atom. The van der Waals surface area contributed by atoms with Gasteiger partial charge in [-0.2, -0.15) is 0 Å². The van der Waals surface area contributed by atoms with E-state index in [9.17, 15) is 14.7 Å². The third kappa shape index (κ3) is 4.25. The van der Waals surface area contributed by atoms with Crippen molar-refractivity contribution in [1.82, 2.24) is 0 Å². The van der Waals surface area contributed by atoms with Crippen LogP contribution in [0.3, 0.4) is 0 Å². The minimum absolute atomic E-state index is 0.180. The van der Waals surface area contributed by atoms with Gasteiger partial charge in [-0.25, -0.2) is 0 Å². The Hall–Kier alpha value is -3.40. The smallest absolute Gasteiger partial charge is 0.310 e. The highest BCUT2D eigenvalue weighted by Crippen LogP contribution is 2.58. The summed E-state index contributed by atoms with van der Waals surface area (Å²) in [6.45, 7) is 0. The quantitative estimate of drug-likeness (QED) is 0.454. The van der Waals surface area contributed by atoms with Gasteiger partial charge in [0, 0.05) is 17.8 Å². The normalized spacial score (nSPS) is 28.5. The minimum atomic E-state index is -0.869. The molecule has 0 radical (unpaired) electrons. The lowest BCUT2D eigenvalue weighted by Crippen LogP contribution is -2.52. The van der Waals surface area contributed by atoms with Gasteiger partial charge < -0.3 is 9.84 Å². The molecule has 2 fully saturated rings. The van der Waals surface area contributed by atoms with Gasteiger partial charge in [-0.3, -0.25) is 9.59 Å². The topological polar surface area (TPSA) is 63.6 Å². The van der Waals surface area contributed by atoms with Crippen LogP contribution in [0.5, 0.6) is 0 Å². The molecule has 3 aromatic rings. The van der Waals surface area contributed by atoms with Crippen LogP contribution in [-0.4, -0.2) is 23.1 Å². The molecule has 2 aliphatic rings. The summed E-state index contributed by atoms with van der Waals surface area (Å²) in [5.74, 6) is -2.97. The first kappa shape index (κ1) is 22.4. The second-order valence-corrected chi connectivity index (χ2v) is 9.54. The Kier molecular flexibility index (Phi) is 6.48. The highest BCUT2D eigenvalue weighted by Gasteiger charge is 2.59. The predicted molar refractivity (Wildman–Crippen MR) is 131 cm³/mol. The van der Waals surface area contributed by atoms with E-state index in [1.54, 1.807) is 0 Å². The summed E-state index contributed by atoms with van der Waals surface area (Å²) in [6.07, 6.45) is 3.81. The maximum absolute atomic E-state index is 13.8. The van der Waals surface area contributed by atoms with E-state index in [4.69, 9.17) is 4.74 Å². The molecule has 1 N–H and O–H groups in total. The minimum Gasteiger partial charge on any atom is -0.481 e. The van der Waals surface area contributed by atoms with E-state index in [0.717, 1.165) is 36.8 Å². The van der Waals surface area contributed by atoms with Gasteiger partial charge in [-0.1, -0.05) is 97.4 Å². The van der Waals surface area contributed by atoms with Crippen LogP contribution in [0.4, 0.5) is 0 Å². The number of benzene rings is 3. The average molecular weight is 455 g/mol. The molecule has 0 saturated heterocycles. The highest BCUT2D eigenvalue weighted by molar-refractivity contribution is 5.84. The first-order valence-electron chi connectivity index (χ1n) is 12.2. The fraction of sp³-hybridized carbons (Fsp3) is 0.333. The summed E-state index contributed by atoms with van der Waals surface area (Å²) < 4.78 is 6.26. The second kappa shape index (κ2) is 9.84. The van der Waals surface area contributed by atoms with Gasteiger partial charge in [-0.15, -0.1) is 0 Å². The van der Waals surface area contributed by atoms with Crippen molar-refractivity contribution < 1.29 is 19.4 Å². The van der Waals surface area contributed by atoms with E-state index in [1.165, 1.54) is 5.56 Å². The van der Waals surface area contributed by atoms with Crippen LogP contribution >= 0.6 is 0 Å². The van der Waals surface area contributed by atoms with Crippen molar-refractivity contribution >= 4 is 11.9 Å². The maximum atomic E-state index is 13.8. The number of carbonyl (C=O) groups is 2. The van der Waals surface area contributed by atoms with Crippen molar-refractivity contribution in [3.63, 3.8) is 0 Å². The van der Waals surface area contributed by atoms with E-state index in [2.05, 4.69) is 12.1 Å². The largest absolute Gasteiger partial charge is 0.481 e. The van der Waals surface area contributed by atoms with Crippen molar-refractivity contribution in [2.75, 3.05) is 0 Å². The number of carboxylic acid groups (broad SMARTS) is 1. The zero-order valence-electron chi connectivity index (χ0n) is 19.1. The number of esters is 1. The van der Waals surface area contributed by atoms with Crippen molar-refractivity contribution in [3.05, 3.63) is 108 Å². The zero-order chi connectivity index (χ0) is 23.5. The molecule has 0 spiro atoms. The molecule has 34 heavy (non-hydrogen) atoms. The monoisotopic (exact) mass is 454 g/mol. The van der Waals surface area contributed by atoms with Crippen LogP contribution in [0, 0.1) is 11.8 Å². The molecular formula is C30H30O4. The zero-order valence-corrected chi connectivity index (χ0v) is 19.1. The number of hydrogen-bond acceptors (Lipinski definition) is 3. The third-order valence-corrected chi connectivity index (χ3v) is 7.67. The summed E-state index contributed by atoms with van der Waals surface area (Å²) in [6, 6.07) is 29.4. The molecule has 2 aliphatic carbocycles. The summed E-state index contributed by atoms with van der Waals surface area (Å²) in [4.78, 5) is 26.2. The van der Waals surface area contributed by atoms with Gasteiger partial charge in [0.2, 0.25) is 0 Å². The SMILES string of the molecule is O=C(O)[C@H]1[C@H](c2ccccc2)[C@H](C(=O)O[C@H]2CCCCC2c2ccccc2)[C@H]1c1ccccc1. The lowest BCUT2D eigenvalue weighted by molar-refractivity contribution is -0.170. The van der Waals surface area contributed by atoms with E-state index in [1.807, 2.05) is 78.9 Å². The summed E-state index contributed by atoms with van der Waals surface area (Å²) in [7, 11) is 0. The number of ether oxygens (including phenoxy) is 1. The molecule has 1 unspecified atom stereocenters. The van der Waals surface area contributed by atoms with Crippen molar-refractivity contribution in [2.24, 2.45) is 11.8 Å². The van der Waals surface area contributed by atoms with Gasteiger partial charge in [0.1, 0.15) is 6.10 Å². The summed E-state index contributed by atoms with van der Waals surface area (Å²) in [5, 5.41) is 10.2. The van der Waals surface area contributed by atoms with Gasteiger partial charge in [0.05, 0.1) is 11.8 Å². The molecule has 0 bridgehead atoms. The molecule has 4 heteroatoms. The Morgan fingerprint density at radius 3 is 1.62 bits per heavy atom. The molecule has 4 atom stereocenters. The number of hydrogen-bond donors (Lipinski definition) is 1. The molecule has 0 aliphatic heterocycles. The standard InChI is InChI=1S/C30H30O4/c31-29(32)27-25(21-14-6-2-7-15-21)28(26(27)22-16-8-3-9-17-22)30(33)34-24-19-11-10-18-23(24)20-12-4-1-5-13-20/h1-9,12-17,23-28H,10-11,18-19H2,(H,31,32)/t23?,24-,25-,26-,27-,28-/m0/s1. The van der Waals surface area contributed by atoms with Crippen LogP contribution < -0.4 is 0 Å². The number of carbonyl (C=O) groups excluding carboxylic acids is 1. The molecule has 0 heterocycles. The fourth-order valence-electron chi connectivity index (χ4n) is 6.08. The maximum Gasteiger partial charge on any atom is 0.310 e. The Balaban J connectivity index is 1.46. The van der Waals surface area contributed by atoms with Crippen molar-refractivity contribution in [2.45, 2.75) is 49.5 Å². The molecule has 4 nitrogen and oxygen atoms in total. The molecular weight excluding hydrogens is 424 g/mol. The second-order valence-electron chi connectivity index (χ2n) is 9.54. The molecule has 0 aromatic heterocycles. The summed E-state index contributed by atoms with van der Waals surface area (Å²) >= 11 is 0. The van der Waals surface area contributed by atoms with E-state index in [0.29, 0.717) is 0 Å². The first-order chi connectivity index (χ1) is 16.6. The van der Waals surface area contributed by atoms with Gasteiger partial charge in [-0.05, 0) is 36.0 Å². The summed E-state index contributed by atoms with van der Waals surface area (Å²) in [5.41, 5.74) is 2.97. The number of rotatable bonds is 6. The molecule has 3 aromatic carbocycles. The Bertz CT molecular complexity index is 1060. The van der Waals surface area contributed by atoms with E-state index < -0.39 is 29.6 Å². The van der Waals surface area contributed by atoms with E-state index >= 15 is 0 Å². The predicted octanol–water partition coefficient (Wildman–Crippen LogP) is 6.15. The molecule has 174 valence electrons. The third-order valence-electron chi connectivity index (χ3n) is 7.67. The fourth-order valence-corrected chi connectivity index (χ4v) is 6.08. The highest BCUT2D eigenvalue weighted by atomic mass is 16.5. The molecule has 0 amide bonds. The molecule has 2 saturated carbocycles.